The number of amides is 1. The van der Waals surface area contributed by atoms with Gasteiger partial charge in [0, 0.05) is 22.1 Å². The van der Waals surface area contributed by atoms with Crippen LogP contribution in [0.5, 0.6) is 0 Å². The molecular weight excluding hydrogens is 288 g/mol. The van der Waals surface area contributed by atoms with E-state index in [4.69, 9.17) is 0 Å². The molecule has 0 saturated carbocycles. The number of benzene rings is 1. The van der Waals surface area contributed by atoms with E-state index >= 15 is 0 Å². The lowest BCUT2D eigenvalue weighted by Gasteiger charge is -2.32. The van der Waals surface area contributed by atoms with Gasteiger partial charge >= 0.3 is 0 Å². The van der Waals surface area contributed by atoms with Gasteiger partial charge in [-0.2, -0.15) is 0 Å². The molecule has 1 aliphatic rings. The maximum atomic E-state index is 12.6. The Morgan fingerprint density at radius 2 is 2.25 bits per heavy atom. The van der Waals surface area contributed by atoms with Crippen LogP contribution in [0.15, 0.2) is 34.5 Å². The van der Waals surface area contributed by atoms with Crippen LogP contribution in [0, 0.1) is 6.92 Å². The molecule has 20 heavy (non-hydrogen) atoms. The number of fused-ring (bicyclic) bond motifs is 1. The van der Waals surface area contributed by atoms with Crippen molar-refractivity contribution in [2.24, 2.45) is 0 Å². The van der Waals surface area contributed by atoms with Crippen molar-refractivity contribution in [3.8, 4) is 0 Å². The lowest BCUT2D eigenvalue weighted by molar-refractivity contribution is -0.118. The SMILES string of the molecule is Cc1nc(CC(=O)N2CC(C)Sc3ccccc32)cs1. The number of carbonyl (C=O) groups excluding carboxylic acids is 1. The fourth-order valence-corrected chi connectivity index (χ4v) is 4.09. The summed E-state index contributed by atoms with van der Waals surface area (Å²) in [5.41, 5.74) is 1.91. The molecule has 104 valence electrons. The van der Waals surface area contributed by atoms with Gasteiger partial charge in [0.15, 0.2) is 0 Å². The summed E-state index contributed by atoms with van der Waals surface area (Å²) in [7, 11) is 0. The van der Waals surface area contributed by atoms with Crippen molar-refractivity contribution in [3.05, 3.63) is 40.3 Å². The first-order valence-electron chi connectivity index (χ1n) is 6.60. The highest BCUT2D eigenvalue weighted by molar-refractivity contribution is 8.00. The molecule has 0 N–H and O–H groups in total. The van der Waals surface area contributed by atoms with Gasteiger partial charge in [-0.3, -0.25) is 4.79 Å². The number of hydrogen-bond acceptors (Lipinski definition) is 4. The molecule has 1 amide bonds. The van der Waals surface area contributed by atoms with Gasteiger partial charge in [0.2, 0.25) is 5.91 Å². The summed E-state index contributed by atoms with van der Waals surface area (Å²) in [5.74, 6) is 0.134. The predicted molar refractivity (Wildman–Crippen MR) is 84.7 cm³/mol. The van der Waals surface area contributed by atoms with Crippen LogP contribution in [-0.4, -0.2) is 22.7 Å². The summed E-state index contributed by atoms with van der Waals surface area (Å²) in [4.78, 5) is 20.0. The van der Waals surface area contributed by atoms with Gasteiger partial charge < -0.3 is 4.90 Å². The highest BCUT2D eigenvalue weighted by Gasteiger charge is 2.26. The first-order valence-corrected chi connectivity index (χ1v) is 8.36. The molecular formula is C15H16N2OS2. The number of hydrogen-bond donors (Lipinski definition) is 0. The van der Waals surface area contributed by atoms with Crippen molar-refractivity contribution in [3.63, 3.8) is 0 Å². The molecule has 0 aliphatic carbocycles. The quantitative estimate of drug-likeness (QED) is 0.851. The maximum absolute atomic E-state index is 12.6. The maximum Gasteiger partial charge on any atom is 0.233 e. The van der Waals surface area contributed by atoms with Gasteiger partial charge in [-0.25, -0.2) is 4.98 Å². The Kier molecular flexibility index (Phi) is 3.81. The van der Waals surface area contributed by atoms with Crippen molar-refractivity contribution in [2.45, 2.75) is 30.4 Å². The molecule has 1 unspecified atom stereocenters. The van der Waals surface area contributed by atoms with Gasteiger partial charge in [-0.1, -0.05) is 19.1 Å². The van der Waals surface area contributed by atoms with E-state index in [9.17, 15) is 4.79 Å². The number of nitrogens with zero attached hydrogens (tertiary/aromatic N) is 2. The van der Waals surface area contributed by atoms with Gasteiger partial charge in [-0.05, 0) is 19.1 Å². The van der Waals surface area contributed by atoms with Crippen molar-refractivity contribution in [2.75, 3.05) is 11.4 Å². The molecule has 0 bridgehead atoms. The van der Waals surface area contributed by atoms with Gasteiger partial charge in [0.1, 0.15) is 0 Å². The number of thioether (sulfide) groups is 1. The van der Waals surface area contributed by atoms with Gasteiger partial charge in [0.25, 0.3) is 0 Å². The topological polar surface area (TPSA) is 33.2 Å². The number of thiazole rings is 1. The molecule has 0 fully saturated rings. The van der Waals surface area contributed by atoms with Gasteiger partial charge in [-0.15, -0.1) is 23.1 Å². The summed E-state index contributed by atoms with van der Waals surface area (Å²) < 4.78 is 0. The minimum atomic E-state index is 0.134. The number of carbonyl (C=O) groups is 1. The van der Waals surface area contributed by atoms with Crippen LogP contribution in [0.25, 0.3) is 0 Å². The zero-order valence-electron chi connectivity index (χ0n) is 11.5. The highest BCUT2D eigenvalue weighted by atomic mass is 32.2. The van der Waals surface area contributed by atoms with Gasteiger partial charge in [0.05, 0.1) is 22.8 Å². The van der Waals surface area contributed by atoms with Crippen LogP contribution in [0.2, 0.25) is 0 Å². The Bertz CT molecular complexity index is 638. The average molecular weight is 304 g/mol. The molecule has 5 heteroatoms. The second-order valence-electron chi connectivity index (χ2n) is 4.94. The second-order valence-corrected chi connectivity index (χ2v) is 7.48. The molecule has 2 aromatic rings. The van der Waals surface area contributed by atoms with E-state index in [0.717, 1.165) is 22.9 Å². The summed E-state index contributed by atoms with van der Waals surface area (Å²) in [6.45, 7) is 4.89. The van der Waals surface area contributed by atoms with Crippen LogP contribution in [0.1, 0.15) is 17.6 Å². The largest absolute Gasteiger partial charge is 0.310 e. The molecule has 0 spiro atoms. The third kappa shape index (κ3) is 2.74. The fraction of sp³-hybridized carbons (Fsp3) is 0.333. The summed E-state index contributed by atoms with van der Waals surface area (Å²) in [5, 5.41) is 3.41. The van der Waals surface area contributed by atoms with Crippen molar-refractivity contribution in [1.82, 2.24) is 4.98 Å². The van der Waals surface area contributed by atoms with E-state index < -0.39 is 0 Å². The molecule has 3 nitrogen and oxygen atoms in total. The Labute approximate surface area is 127 Å². The van der Waals surface area contributed by atoms with Crippen LogP contribution < -0.4 is 4.90 Å². The van der Waals surface area contributed by atoms with Crippen LogP contribution >= 0.6 is 23.1 Å². The predicted octanol–water partition coefficient (Wildman–Crippen LogP) is 3.52. The molecule has 3 rings (SSSR count). The Hall–Kier alpha value is -1.33. The Balaban J connectivity index is 1.84. The number of aromatic nitrogens is 1. The lowest BCUT2D eigenvalue weighted by atomic mass is 10.2. The zero-order chi connectivity index (χ0) is 14.1. The number of aryl methyl sites for hydroxylation is 1. The molecule has 1 aliphatic heterocycles. The number of para-hydroxylation sites is 1. The highest BCUT2D eigenvalue weighted by Crippen LogP contribution is 2.38. The fourth-order valence-electron chi connectivity index (χ4n) is 2.37. The Morgan fingerprint density at radius 3 is 3.00 bits per heavy atom. The third-order valence-corrected chi connectivity index (χ3v) is 5.20. The normalized spacial score (nSPS) is 17.9. The minimum Gasteiger partial charge on any atom is -0.310 e. The van der Waals surface area contributed by atoms with Crippen LogP contribution in [-0.2, 0) is 11.2 Å². The molecule has 1 atom stereocenters. The molecule has 2 heterocycles. The van der Waals surface area contributed by atoms with Crippen LogP contribution in [0.3, 0.4) is 0 Å². The third-order valence-electron chi connectivity index (χ3n) is 3.22. The smallest absolute Gasteiger partial charge is 0.233 e. The average Bonchev–Trinajstić information content (AvgIpc) is 2.83. The van der Waals surface area contributed by atoms with E-state index in [1.807, 2.05) is 47.2 Å². The van der Waals surface area contributed by atoms with E-state index in [-0.39, 0.29) is 5.91 Å². The van der Waals surface area contributed by atoms with Crippen molar-refractivity contribution in [1.29, 1.82) is 0 Å². The Morgan fingerprint density at radius 1 is 1.45 bits per heavy atom. The van der Waals surface area contributed by atoms with E-state index in [1.54, 1.807) is 11.3 Å². The zero-order valence-corrected chi connectivity index (χ0v) is 13.1. The molecule has 0 radical (unpaired) electrons. The summed E-state index contributed by atoms with van der Waals surface area (Å²) in [6.07, 6.45) is 0.385. The molecule has 0 saturated heterocycles. The minimum absolute atomic E-state index is 0.134. The monoisotopic (exact) mass is 304 g/mol. The summed E-state index contributed by atoms with van der Waals surface area (Å²) in [6, 6.07) is 8.13. The second kappa shape index (κ2) is 5.58. The van der Waals surface area contributed by atoms with Crippen molar-refractivity contribution < 1.29 is 4.79 Å². The standard InChI is InChI=1S/C15H16N2OS2/c1-10-8-17(13-5-3-4-6-14(13)20-10)15(18)7-12-9-19-11(2)16-12/h3-6,9-10H,7-8H2,1-2H3. The molecule has 1 aromatic heterocycles. The molecule has 1 aromatic carbocycles. The van der Waals surface area contributed by atoms with E-state index in [2.05, 4.69) is 18.0 Å². The first-order chi connectivity index (χ1) is 9.63. The van der Waals surface area contributed by atoms with E-state index in [0.29, 0.717) is 11.7 Å². The van der Waals surface area contributed by atoms with E-state index in [1.165, 1.54) is 4.90 Å². The van der Waals surface area contributed by atoms with Crippen LogP contribution in [0.4, 0.5) is 5.69 Å². The number of rotatable bonds is 2. The lowest BCUT2D eigenvalue weighted by Crippen LogP contribution is -2.39. The first kappa shape index (κ1) is 13.6. The van der Waals surface area contributed by atoms with Crippen molar-refractivity contribution >= 4 is 34.7 Å². The summed E-state index contributed by atoms with van der Waals surface area (Å²) >= 11 is 3.43. The number of anilines is 1.